The van der Waals surface area contributed by atoms with Crippen LogP contribution in [0, 0.1) is 5.41 Å². The molecule has 0 N–H and O–H groups in total. The summed E-state index contributed by atoms with van der Waals surface area (Å²) in [5.74, 6) is -0.0433. The van der Waals surface area contributed by atoms with E-state index in [0.29, 0.717) is 0 Å². The molecule has 1 saturated carbocycles. The maximum atomic E-state index is 11.7. The molecule has 4 heteroatoms. The summed E-state index contributed by atoms with van der Waals surface area (Å²) in [5, 5.41) is 2.05. The predicted octanol–water partition coefficient (Wildman–Crippen LogP) is 3.40. The third-order valence-corrected chi connectivity index (χ3v) is 4.76. The molecule has 0 unspecified atom stereocenters. The van der Waals surface area contributed by atoms with Crippen molar-refractivity contribution in [1.29, 1.82) is 0 Å². The highest BCUT2D eigenvalue weighted by Gasteiger charge is 2.45. The van der Waals surface area contributed by atoms with Gasteiger partial charge in [-0.1, -0.05) is 6.42 Å². The van der Waals surface area contributed by atoms with Crippen LogP contribution in [0.2, 0.25) is 0 Å². The first kappa shape index (κ1) is 11.1. The Kier molecular flexibility index (Phi) is 3.16. The van der Waals surface area contributed by atoms with Crippen LogP contribution in [0.4, 0.5) is 0 Å². The molecule has 0 saturated heterocycles. The van der Waals surface area contributed by atoms with Crippen molar-refractivity contribution in [3.8, 4) is 0 Å². The van der Waals surface area contributed by atoms with Crippen molar-refractivity contribution < 1.29 is 9.53 Å². The van der Waals surface area contributed by atoms with E-state index in [4.69, 9.17) is 4.74 Å². The Hall–Kier alpha value is -0.350. The molecule has 2 rings (SSSR count). The second-order valence-electron chi connectivity index (χ2n) is 4.03. The summed E-state index contributed by atoms with van der Waals surface area (Å²) in [5.41, 5.74) is -0.223. The number of ether oxygens (including phenoxy) is 1. The summed E-state index contributed by atoms with van der Waals surface area (Å²) >= 11 is 5.13. The molecule has 0 aromatic carbocycles. The first-order valence-corrected chi connectivity index (χ1v) is 6.65. The Morgan fingerprint density at radius 2 is 2.40 bits per heavy atom. The minimum Gasteiger partial charge on any atom is -0.469 e. The van der Waals surface area contributed by atoms with Gasteiger partial charge in [0.2, 0.25) is 0 Å². The number of thiophene rings is 1. The molecule has 1 aromatic rings. The van der Waals surface area contributed by atoms with Gasteiger partial charge in [0, 0.05) is 14.7 Å². The minimum absolute atomic E-state index is 0.0433. The summed E-state index contributed by atoms with van der Waals surface area (Å²) in [6.07, 6.45) is 3.90. The van der Waals surface area contributed by atoms with Crippen LogP contribution in [0.5, 0.6) is 0 Å². The second-order valence-corrected chi connectivity index (χ2v) is 5.94. The van der Waals surface area contributed by atoms with E-state index in [1.807, 2.05) is 0 Å². The van der Waals surface area contributed by atoms with Crippen molar-refractivity contribution in [3.05, 3.63) is 20.8 Å². The maximum absolute atomic E-state index is 11.7. The molecule has 1 aliphatic rings. The van der Waals surface area contributed by atoms with Crippen molar-refractivity contribution >= 4 is 33.2 Å². The van der Waals surface area contributed by atoms with Gasteiger partial charge in [0.1, 0.15) is 0 Å². The summed E-state index contributed by atoms with van der Waals surface area (Å²) < 4.78 is 5.99. The van der Waals surface area contributed by atoms with E-state index in [1.54, 1.807) is 11.3 Å². The monoisotopic (exact) mass is 288 g/mol. The molecule has 1 fully saturated rings. The lowest BCUT2D eigenvalue weighted by Gasteiger charge is -2.38. The average Bonchev–Trinajstić information content (AvgIpc) is 2.56. The molecule has 0 amide bonds. The van der Waals surface area contributed by atoms with Crippen LogP contribution in [0.3, 0.4) is 0 Å². The van der Waals surface area contributed by atoms with Gasteiger partial charge in [-0.25, -0.2) is 0 Å². The lowest BCUT2D eigenvalue weighted by Crippen LogP contribution is -2.40. The quantitative estimate of drug-likeness (QED) is 0.797. The fraction of sp³-hybridized carbons (Fsp3) is 0.545. The van der Waals surface area contributed by atoms with Crippen LogP contribution in [0.1, 0.15) is 24.1 Å². The molecular weight excluding hydrogens is 276 g/mol. The molecule has 0 spiro atoms. The molecule has 1 heterocycles. The highest BCUT2D eigenvalue weighted by atomic mass is 79.9. The van der Waals surface area contributed by atoms with Crippen LogP contribution in [0.15, 0.2) is 15.9 Å². The van der Waals surface area contributed by atoms with Crippen molar-refractivity contribution in [2.45, 2.75) is 25.7 Å². The first-order chi connectivity index (χ1) is 7.16. The van der Waals surface area contributed by atoms with E-state index in [-0.39, 0.29) is 11.4 Å². The molecule has 0 radical (unpaired) electrons. The average molecular weight is 289 g/mol. The lowest BCUT2D eigenvalue weighted by atomic mass is 9.66. The molecule has 82 valence electrons. The highest BCUT2D eigenvalue weighted by molar-refractivity contribution is 9.10. The van der Waals surface area contributed by atoms with Crippen LogP contribution >= 0.6 is 27.3 Å². The van der Waals surface area contributed by atoms with Crippen LogP contribution in [-0.2, 0) is 16.0 Å². The molecular formula is C11H13BrO2S. The summed E-state index contributed by atoms with van der Waals surface area (Å²) in [7, 11) is 1.48. The molecule has 1 aromatic heterocycles. The summed E-state index contributed by atoms with van der Waals surface area (Å²) in [6, 6.07) is 2.09. The third-order valence-electron chi connectivity index (χ3n) is 3.06. The Morgan fingerprint density at radius 1 is 1.67 bits per heavy atom. The Morgan fingerprint density at radius 3 is 2.80 bits per heavy atom. The van der Waals surface area contributed by atoms with Gasteiger partial charge in [0.15, 0.2) is 0 Å². The predicted molar refractivity (Wildman–Crippen MR) is 64.0 cm³/mol. The van der Waals surface area contributed by atoms with Gasteiger partial charge in [-0.15, -0.1) is 11.3 Å². The van der Waals surface area contributed by atoms with Crippen LogP contribution in [-0.4, -0.2) is 13.1 Å². The largest absolute Gasteiger partial charge is 0.469 e. The van der Waals surface area contributed by atoms with E-state index in [9.17, 15) is 4.79 Å². The van der Waals surface area contributed by atoms with Crippen LogP contribution < -0.4 is 0 Å². The van der Waals surface area contributed by atoms with Gasteiger partial charge in [0.25, 0.3) is 0 Å². The number of esters is 1. The molecule has 0 aliphatic heterocycles. The number of carbonyl (C=O) groups is 1. The first-order valence-electron chi connectivity index (χ1n) is 4.98. The third kappa shape index (κ3) is 2.11. The smallest absolute Gasteiger partial charge is 0.312 e. The maximum Gasteiger partial charge on any atom is 0.312 e. The normalized spacial score (nSPS) is 18.3. The van der Waals surface area contributed by atoms with Gasteiger partial charge in [-0.2, -0.15) is 0 Å². The van der Waals surface area contributed by atoms with Crippen LogP contribution in [0.25, 0.3) is 0 Å². The number of carbonyl (C=O) groups excluding carboxylic acids is 1. The van der Waals surface area contributed by atoms with E-state index < -0.39 is 0 Å². The number of methoxy groups -OCH3 is 1. The Labute approximate surface area is 102 Å². The molecule has 0 atom stereocenters. The Balaban J connectivity index is 2.11. The molecule has 15 heavy (non-hydrogen) atoms. The highest BCUT2D eigenvalue weighted by Crippen LogP contribution is 2.45. The van der Waals surface area contributed by atoms with Gasteiger partial charge >= 0.3 is 5.97 Å². The van der Waals surface area contributed by atoms with Crippen molar-refractivity contribution in [3.63, 3.8) is 0 Å². The SMILES string of the molecule is COC(=O)C1(Cc2cc(Br)cs2)CCC1. The molecule has 0 bridgehead atoms. The molecule has 1 aliphatic carbocycles. The van der Waals surface area contributed by atoms with Gasteiger partial charge in [0.05, 0.1) is 12.5 Å². The molecule has 2 nitrogen and oxygen atoms in total. The van der Waals surface area contributed by atoms with Crippen molar-refractivity contribution in [2.75, 3.05) is 7.11 Å². The zero-order valence-electron chi connectivity index (χ0n) is 8.59. The minimum atomic E-state index is -0.223. The van der Waals surface area contributed by atoms with E-state index in [2.05, 4.69) is 27.4 Å². The van der Waals surface area contributed by atoms with E-state index in [0.717, 1.165) is 30.2 Å². The number of hydrogen-bond donors (Lipinski definition) is 0. The zero-order chi connectivity index (χ0) is 10.9. The van der Waals surface area contributed by atoms with Crippen molar-refractivity contribution in [2.24, 2.45) is 5.41 Å². The summed E-state index contributed by atoms with van der Waals surface area (Å²) in [6.45, 7) is 0. The Bertz CT molecular complexity index is 368. The standard InChI is InChI=1S/C11H13BrO2S/c1-14-10(13)11(3-2-4-11)6-9-5-8(12)7-15-9/h5,7H,2-4,6H2,1H3. The van der Waals surface area contributed by atoms with Gasteiger partial charge in [-0.05, 0) is 41.3 Å². The lowest BCUT2D eigenvalue weighted by molar-refractivity contribution is -0.158. The topological polar surface area (TPSA) is 26.3 Å². The van der Waals surface area contributed by atoms with Crippen molar-refractivity contribution in [1.82, 2.24) is 0 Å². The number of hydrogen-bond acceptors (Lipinski definition) is 3. The fourth-order valence-electron chi connectivity index (χ4n) is 2.05. The number of halogens is 1. The second kappa shape index (κ2) is 4.26. The van der Waals surface area contributed by atoms with E-state index in [1.165, 1.54) is 12.0 Å². The number of rotatable bonds is 3. The summed E-state index contributed by atoms with van der Waals surface area (Å²) in [4.78, 5) is 13.0. The van der Waals surface area contributed by atoms with Gasteiger partial charge < -0.3 is 4.74 Å². The fourth-order valence-corrected chi connectivity index (χ4v) is 3.65. The van der Waals surface area contributed by atoms with E-state index >= 15 is 0 Å². The zero-order valence-corrected chi connectivity index (χ0v) is 11.0. The van der Waals surface area contributed by atoms with Gasteiger partial charge in [-0.3, -0.25) is 4.79 Å².